The number of carbonyl (C=O) groups excluding carboxylic acids is 1. The van der Waals surface area contributed by atoms with Crippen molar-refractivity contribution < 1.29 is 18.1 Å². The smallest absolute Gasteiger partial charge is 0.282 e. The van der Waals surface area contributed by atoms with Crippen molar-refractivity contribution in [3.8, 4) is 0 Å². The van der Waals surface area contributed by atoms with E-state index in [-0.39, 0.29) is 11.9 Å². The van der Waals surface area contributed by atoms with E-state index in [0.29, 0.717) is 46.8 Å². The largest absolute Gasteiger partial charge is 0.323 e. The molecule has 0 unspecified atom stereocenters. The molecule has 2 aromatic carbocycles. The normalized spacial score (nSPS) is 17.2. The zero-order valence-corrected chi connectivity index (χ0v) is 17.7. The maximum atomic E-state index is 12.7. The first kappa shape index (κ1) is 21.1. The lowest BCUT2D eigenvalue weighted by Gasteiger charge is -2.34. The highest BCUT2D eigenvalue weighted by Crippen LogP contribution is 2.25. The second-order valence-corrected chi connectivity index (χ2v) is 9.49. The fraction of sp³-hybridized carbons (Fsp3) is 0.316. The molecule has 0 bridgehead atoms. The molecule has 3 rings (SSSR count). The molecule has 0 radical (unpaired) electrons. The molecule has 1 heterocycles. The van der Waals surface area contributed by atoms with E-state index in [9.17, 15) is 13.2 Å². The lowest BCUT2D eigenvalue weighted by molar-refractivity contribution is -0.917. The molecule has 9 heteroatoms. The molecule has 2 aromatic rings. The highest BCUT2D eigenvalue weighted by atomic mass is 35.5. The van der Waals surface area contributed by atoms with Crippen LogP contribution in [0.3, 0.4) is 0 Å². The maximum Gasteiger partial charge on any atom is 0.282 e. The van der Waals surface area contributed by atoms with E-state index in [2.05, 4.69) is 5.32 Å². The molecule has 0 aliphatic carbocycles. The van der Waals surface area contributed by atoms with Gasteiger partial charge in [0.05, 0.1) is 41.8 Å². The number of nitrogens with zero attached hydrogens (tertiary/aromatic N) is 1. The number of sulfonamides is 1. The van der Waals surface area contributed by atoms with Gasteiger partial charge in [-0.1, -0.05) is 41.4 Å². The third-order valence-electron chi connectivity index (χ3n) is 4.94. The van der Waals surface area contributed by atoms with Gasteiger partial charge in [0, 0.05) is 5.02 Å². The average Bonchev–Trinajstić information content (AvgIpc) is 2.71. The molecule has 6 nitrogen and oxygen atoms in total. The molecular weight excluding hydrogens is 421 g/mol. The first-order chi connectivity index (χ1) is 13.3. The number of rotatable bonds is 5. The number of halogens is 2. The van der Waals surface area contributed by atoms with Crippen LogP contribution in [-0.2, 0) is 14.8 Å². The minimum absolute atomic E-state index is 0.182. The Morgan fingerprint density at radius 1 is 1.11 bits per heavy atom. The van der Waals surface area contributed by atoms with Gasteiger partial charge in [-0.2, -0.15) is 4.31 Å². The zero-order chi connectivity index (χ0) is 20.3. The van der Waals surface area contributed by atoms with E-state index in [1.165, 1.54) is 4.31 Å². The summed E-state index contributed by atoms with van der Waals surface area (Å²) >= 11 is 12.1. The standard InChI is InChI=1S/C19H21Cl2N3O3S/c1-14(19(25)22-18-13-15(20)7-8-17(18)21)23-9-11-24(12-10-23)28(26,27)16-5-3-2-4-6-16/h2-8,13-14H,9-12H2,1H3,(H,22,25)/p+1/t14-/m0/s1. The number of benzene rings is 2. The Kier molecular flexibility index (Phi) is 6.62. The number of nitrogens with one attached hydrogen (secondary N) is 2. The van der Waals surface area contributed by atoms with Crippen molar-refractivity contribution in [2.24, 2.45) is 0 Å². The Balaban J connectivity index is 1.61. The van der Waals surface area contributed by atoms with Crippen LogP contribution in [0.5, 0.6) is 0 Å². The second kappa shape index (κ2) is 8.80. The number of amides is 1. The number of hydrogen-bond donors (Lipinski definition) is 2. The minimum Gasteiger partial charge on any atom is -0.323 e. The minimum atomic E-state index is -3.50. The number of anilines is 1. The van der Waals surface area contributed by atoms with Crippen LogP contribution in [0.25, 0.3) is 0 Å². The Bertz CT molecular complexity index is 946. The van der Waals surface area contributed by atoms with Crippen molar-refractivity contribution in [1.29, 1.82) is 0 Å². The van der Waals surface area contributed by atoms with Crippen molar-refractivity contribution >= 4 is 44.8 Å². The summed E-state index contributed by atoms with van der Waals surface area (Å²) in [6.45, 7) is 3.64. The molecule has 0 aromatic heterocycles. The summed E-state index contributed by atoms with van der Waals surface area (Å²) in [5, 5.41) is 3.71. The molecule has 2 N–H and O–H groups in total. The quantitative estimate of drug-likeness (QED) is 0.742. The SMILES string of the molecule is C[C@@H](C(=O)Nc1cc(Cl)ccc1Cl)[NH+]1CCN(S(=O)(=O)c2ccccc2)CC1. The highest BCUT2D eigenvalue weighted by molar-refractivity contribution is 7.89. The fourth-order valence-electron chi connectivity index (χ4n) is 3.21. The summed E-state index contributed by atoms with van der Waals surface area (Å²) in [6.07, 6.45) is 0. The second-order valence-electron chi connectivity index (χ2n) is 6.71. The lowest BCUT2D eigenvalue weighted by atomic mass is 10.2. The lowest BCUT2D eigenvalue weighted by Crippen LogP contribution is -3.19. The zero-order valence-electron chi connectivity index (χ0n) is 15.4. The average molecular weight is 443 g/mol. The number of hydrogen-bond acceptors (Lipinski definition) is 3. The highest BCUT2D eigenvalue weighted by Gasteiger charge is 2.34. The molecule has 1 aliphatic heterocycles. The van der Waals surface area contributed by atoms with Gasteiger partial charge in [0.15, 0.2) is 6.04 Å². The van der Waals surface area contributed by atoms with Gasteiger partial charge < -0.3 is 10.2 Å². The Labute approximate surface area is 175 Å². The van der Waals surface area contributed by atoms with Crippen molar-refractivity contribution in [1.82, 2.24) is 4.31 Å². The topological polar surface area (TPSA) is 70.9 Å². The molecule has 1 aliphatic rings. The Morgan fingerprint density at radius 3 is 2.39 bits per heavy atom. The monoisotopic (exact) mass is 442 g/mol. The van der Waals surface area contributed by atoms with E-state index in [1.54, 1.807) is 48.5 Å². The van der Waals surface area contributed by atoms with Crippen molar-refractivity contribution in [3.63, 3.8) is 0 Å². The van der Waals surface area contributed by atoms with E-state index in [1.807, 2.05) is 6.92 Å². The van der Waals surface area contributed by atoms with E-state index >= 15 is 0 Å². The summed E-state index contributed by atoms with van der Waals surface area (Å²) in [5.41, 5.74) is 0.468. The van der Waals surface area contributed by atoms with Crippen LogP contribution >= 0.6 is 23.2 Å². The van der Waals surface area contributed by atoms with Gasteiger partial charge in [0.1, 0.15) is 0 Å². The van der Waals surface area contributed by atoms with Gasteiger partial charge in [-0.3, -0.25) is 4.79 Å². The van der Waals surface area contributed by atoms with Crippen molar-refractivity contribution in [3.05, 3.63) is 58.6 Å². The summed E-state index contributed by atoms with van der Waals surface area (Å²) in [6, 6.07) is 12.9. The van der Waals surface area contributed by atoms with Crippen molar-refractivity contribution in [2.75, 3.05) is 31.5 Å². The number of piperazine rings is 1. The molecule has 0 spiro atoms. The number of carbonyl (C=O) groups is 1. The van der Waals surface area contributed by atoms with Crippen LogP contribution in [0.15, 0.2) is 53.4 Å². The van der Waals surface area contributed by atoms with E-state index in [4.69, 9.17) is 23.2 Å². The molecule has 1 saturated heterocycles. The summed E-state index contributed by atoms with van der Waals surface area (Å²) < 4.78 is 26.9. The van der Waals surface area contributed by atoms with Gasteiger partial charge in [-0.25, -0.2) is 8.42 Å². The molecular formula is C19H22Cl2N3O3S+. The summed E-state index contributed by atoms with van der Waals surface area (Å²) in [5.74, 6) is -0.182. The Morgan fingerprint density at radius 2 is 1.75 bits per heavy atom. The summed E-state index contributed by atoms with van der Waals surface area (Å²) in [4.78, 5) is 13.9. The van der Waals surface area contributed by atoms with Gasteiger partial charge in [0.2, 0.25) is 10.0 Å². The van der Waals surface area contributed by atoms with Crippen LogP contribution < -0.4 is 10.2 Å². The predicted octanol–water partition coefficient (Wildman–Crippen LogP) is 1.91. The van der Waals surface area contributed by atoms with Crippen molar-refractivity contribution in [2.45, 2.75) is 17.9 Å². The van der Waals surface area contributed by atoms with Crippen LogP contribution in [0.1, 0.15) is 6.92 Å². The van der Waals surface area contributed by atoms with Gasteiger partial charge >= 0.3 is 0 Å². The molecule has 28 heavy (non-hydrogen) atoms. The number of quaternary nitrogens is 1. The van der Waals surface area contributed by atoms with E-state index < -0.39 is 10.0 Å². The third-order valence-corrected chi connectivity index (χ3v) is 7.42. The van der Waals surface area contributed by atoms with Gasteiger partial charge in [-0.05, 0) is 37.3 Å². The van der Waals surface area contributed by atoms with E-state index in [0.717, 1.165) is 4.90 Å². The first-order valence-corrected chi connectivity index (χ1v) is 11.1. The van der Waals surface area contributed by atoms with Crippen LogP contribution in [-0.4, -0.2) is 50.9 Å². The van der Waals surface area contributed by atoms with Crippen LogP contribution in [0.2, 0.25) is 10.0 Å². The first-order valence-electron chi connectivity index (χ1n) is 8.95. The third kappa shape index (κ3) is 4.67. The fourth-order valence-corrected chi connectivity index (χ4v) is 5.01. The van der Waals surface area contributed by atoms with Crippen LogP contribution in [0.4, 0.5) is 5.69 Å². The van der Waals surface area contributed by atoms with Gasteiger partial charge in [0.25, 0.3) is 5.91 Å². The summed E-state index contributed by atoms with van der Waals surface area (Å²) in [7, 11) is -3.50. The maximum absolute atomic E-state index is 12.7. The molecule has 1 amide bonds. The molecule has 1 fully saturated rings. The molecule has 1 atom stereocenters. The van der Waals surface area contributed by atoms with Crippen LogP contribution in [0, 0.1) is 0 Å². The molecule has 150 valence electrons. The molecule has 0 saturated carbocycles. The predicted molar refractivity (Wildman–Crippen MR) is 110 cm³/mol. The van der Waals surface area contributed by atoms with Gasteiger partial charge in [-0.15, -0.1) is 0 Å². The Hall–Kier alpha value is -1.64.